The van der Waals surface area contributed by atoms with Gasteiger partial charge in [-0.1, -0.05) is 212 Å². The van der Waals surface area contributed by atoms with Crippen molar-refractivity contribution in [3.63, 3.8) is 0 Å². The quantitative estimate of drug-likeness (QED) is 0.166. The highest BCUT2D eigenvalue weighted by Crippen LogP contribution is 2.67. The van der Waals surface area contributed by atoms with Crippen LogP contribution in [0.1, 0.15) is 59.1 Å². The summed E-state index contributed by atoms with van der Waals surface area (Å²) in [5.74, 6) is 0. The van der Waals surface area contributed by atoms with Crippen molar-refractivity contribution in [1.82, 2.24) is 0 Å². The van der Waals surface area contributed by atoms with Crippen LogP contribution in [0.5, 0.6) is 0 Å². The second-order valence-electron chi connectivity index (χ2n) is 20.7. The van der Waals surface area contributed by atoms with Crippen molar-refractivity contribution in [1.29, 1.82) is 0 Å². The summed E-state index contributed by atoms with van der Waals surface area (Å²) in [5, 5.41) is 2.51. The molecule has 0 fully saturated rings. The third-order valence-electron chi connectivity index (χ3n) is 17.4. The van der Waals surface area contributed by atoms with Gasteiger partial charge in [-0.15, -0.1) is 0 Å². The molecule has 0 bridgehead atoms. The molecule has 0 N–H and O–H groups in total. The molecule has 73 heavy (non-hydrogen) atoms. The van der Waals surface area contributed by atoms with Gasteiger partial charge in [-0.3, -0.25) is 0 Å². The van der Waals surface area contributed by atoms with E-state index in [1.807, 2.05) is 0 Å². The number of nitrogens with zero attached hydrogens (tertiary/aromatic N) is 1. The first kappa shape index (κ1) is 40.9. The molecule has 1 atom stereocenters. The maximum atomic E-state index is 2.58. The number of hydrogen-bond acceptors (Lipinski definition) is 1. The summed E-state index contributed by atoms with van der Waals surface area (Å²) >= 11 is 0. The van der Waals surface area contributed by atoms with E-state index in [0.29, 0.717) is 0 Å². The van der Waals surface area contributed by atoms with Crippen molar-refractivity contribution in [2.75, 3.05) is 4.90 Å². The summed E-state index contributed by atoms with van der Waals surface area (Å²) in [7, 11) is 0. The fourth-order valence-electron chi connectivity index (χ4n) is 14.8. The lowest BCUT2D eigenvalue weighted by Gasteiger charge is -2.34. The molecule has 1 unspecified atom stereocenters. The Morgan fingerprint density at radius 3 is 1.70 bits per heavy atom. The van der Waals surface area contributed by atoms with Gasteiger partial charge in [0.05, 0.1) is 10.8 Å². The molecule has 1 heteroatoms. The van der Waals surface area contributed by atoms with Gasteiger partial charge in [0.2, 0.25) is 0 Å². The van der Waals surface area contributed by atoms with Crippen molar-refractivity contribution in [3.8, 4) is 55.6 Å². The minimum atomic E-state index is -0.442. The first-order chi connectivity index (χ1) is 36.2. The van der Waals surface area contributed by atoms with E-state index in [-0.39, 0.29) is 5.41 Å². The Morgan fingerprint density at radius 2 is 0.932 bits per heavy atom. The van der Waals surface area contributed by atoms with Gasteiger partial charge in [0.25, 0.3) is 0 Å². The highest BCUT2D eigenvalue weighted by molar-refractivity contribution is 6.10. The van der Waals surface area contributed by atoms with Crippen LogP contribution in [0.2, 0.25) is 0 Å². The number of para-hydroxylation sites is 1. The predicted molar refractivity (Wildman–Crippen MR) is 303 cm³/mol. The monoisotopic (exact) mass is 927 g/mol. The number of anilines is 3. The molecule has 0 radical (unpaired) electrons. The van der Waals surface area contributed by atoms with Crippen LogP contribution in [0, 0.1) is 0 Å². The Kier molecular flexibility index (Phi) is 8.61. The van der Waals surface area contributed by atoms with Gasteiger partial charge in [-0.2, -0.15) is 0 Å². The van der Waals surface area contributed by atoms with Crippen molar-refractivity contribution >= 4 is 27.8 Å². The molecule has 2 spiro atoms. The number of hydrogen-bond donors (Lipinski definition) is 0. The van der Waals surface area contributed by atoms with Crippen molar-refractivity contribution in [2.24, 2.45) is 0 Å². The first-order valence-electron chi connectivity index (χ1n) is 26.2. The fraction of sp³-hybridized carbons (Fsp3) is 0.0833. The van der Waals surface area contributed by atoms with Gasteiger partial charge in [-0.25, -0.2) is 0 Å². The maximum Gasteiger partial charge on any atom is 0.0726 e. The zero-order valence-electron chi connectivity index (χ0n) is 40.4. The number of rotatable bonds is 5. The molecular weight excluding hydrogens is 879 g/mol. The topological polar surface area (TPSA) is 3.24 Å². The van der Waals surface area contributed by atoms with Gasteiger partial charge in [-0.05, 0) is 184 Å². The Morgan fingerprint density at radius 1 is 0.356 bits per heavy atom. The normalized spacial score (nSPS) is 17.6. The van der Waals surface area contributed by atoms with Crippen LogP contribution in [-0.2, 0) is 10.8 Å². The second kappa shape index (κ2) is 15.4. The molecule has 342 valence electrons. The molecule has 0 heterocycles. The van der Waals surface area contributed by atoms with E-state index in [0.717, 1.165) is 42.7 Å². The van der Waals surface area contributed by atoms with E-state index in [9.17, 15) is 0 Å². The molecule has 6 aliphatic rings. The van der Waals surface area contributed by atoms with Crippen molar-refractivity contribution in [3.05, 3.63) is 304 Å². The third-order valence-corrected chi connectivity index (χ3v) is 17.4. The van der Waals surface area contributed by atoms with E-state index in [1.165, 1.54) is 117 Å². The number of allylic oxidation sites excluding steroid dienone is 8. The van der Waals surface area contributed by atoms with Gasteiger partial charge in [0.1, 0.15) is 0 Å². The summed E-state index contributed by atoms with van der Waals surface area (Å²) in [6.45, 7) is 0. The van der Waals surface area contributed by atoms with Crippen LogP contribution in [0.15, 0.2) is 271 Å². The summed E-state index contributed by atoms with van der Waals surface area (Å²) < 4.78 is 0. The lowest BCUT2D eigenvalue weighted by molar-refractivity contribution is 0.702. The average molecular weight is 928 g/mol. The van der Waals surface area contributed by atoms with Crippen molar-refractivity contribution < 1.29 is 0 Å². The minimum absolute atomic E-state index is 0.298. The van der Waals surface area contributed by atoms with Crippen LogP contribution in [0.4, 0.5) is 17.1 Å². The summed E-state index contributed by atoms with van der Waals surface area (Å²) in [6, 6.07) is 85.1. The molecule has 6 aliphatic carbocycles. The smallest absolute Gasteiger partial charge is 0.0726 e. The van der Waals surface area contributed by atoms with Crippen LogP contribution in [0.3, 0.4) is 0 Å². The molecule has 0 saturated heterocycles. The van der Waals surface area contributed by atoms with Gasteiger partial charge in [0.15, 0.2) is 0 Å². The molecule has 0 amide bonds. The Bertz CT molecular complexity index is 4090. The lowest BCUT2D eigenvalue weighted by atomic mass is 9.67. The second-order valence-corrected chi connectivity index (χ2v) is 20.7. The van der Waals surface area contributed by atoms with Crippen molar-refractivity contribution in [2.45, 2.75) is 36.5 Å². The molecule has 10 aromatic carbocycles. The molecular formula is C72H49N. The minimum Gasteiger partial charge on any atom is -0.310 e. The zero-order valence-corrected chi connectivity index (χ0v) is 40.4. The molecule has 10 aromatic rings. The molecule has 0 aromatic heterocycles. The summed E-state index contributed by atoms with van der Waals surface area (Å²) in [5.41, 5.74) is 29.8. The van der Waals surface area contributed by atoms with E-state index in [4.69, 9.17) is 0 Å². The highest BCUT2D eigenvalue weighted by atomic mass is 15.1. The Balaban J connectivity index is 0.909. The zero-order chi connectivity index (χ0) is 47.8. The summed E-state index contributed by atoms with van der Waals surface area (Å²) in [6.07, 6.45) is 14.3. The molecule has 0 aliphatic heterocycles. The molecule has 16 rings (SSSR count). The number of benzene rings is 10. The Labute approximate surface area is 427 Å². The maximum absolute atomic E-state index is 2.58. The summed E-state index contributed by atoms with van der Waals surface area (Å²) in [4.78, 5) is 2.47. The third kappa shape index (κ3) is 5.36. The van der Waals surface area contributed by atoms with Gasteiger partial charge >= 0.3 is 0 Å². The SMILES string of the molecule is C1=CC2=C(CC1)C1(C3=CCCC=C32)c2ccccc2-c2c(-c3c(-c4cccc(N(c5ccccc5)c5ccc6c(c5)C5(c7ccccc7-c7ccccc75)c5ccccc5-6)c4)ccc4ccccc34)cccc21. The van der Waals surface area contributed by atoms with E-state index < -0.39 is 5.41 Å². The first-order valence-corrected chi connectivity index (χ1v) is 26.2. The van der Waals surface area contributed by atoms with Crippen LogP contribution >= 0.6 is 0 Å². The van der Waals surface area contributed by atoms with Gasteiger partial charge in [0, 0.05) is 17.1 Å². The van der Waals surface area contributed by atoms with E-state index in [1.54, 1.807) is 5.57 Å². The average Bonchev–Trinajstić information content (AvgIpc) is 4.14. The Hall–Kier alpha value is -8.78. The van der Waals surface area contributed by atoms with Gasteiger partial charge < -0.3 is 4.90 Å². The molecule has 0 saturated carbocycles. The largest absolute Gasteiger partial charge is 0.310 e. The van der Waals surface area contributed by atoms with Crippen LogP contribution in [0.25, 0.3) is 66.4 Å². The molecule has 1 nitrogen and oxygen atoms in total. The highest BCUT2D eigenvalue weighted by Gasteiger charge is 2.55. The van der Waals surface area contributed by atoms with E-state index in [2.05, 4.69) is 254 Å². The van der Waals surface area contributed by atoms with Crippen LogP contribution < -0.4 is 4.90 Å². The standard InChI is InChI=1S/C72H49N/c1-2-22-48(23-3-1)73(50-41-43-58-57-30-10-16-37-65(57)72(68(58)45-50)63-35-14-8-28-55(63)56-29-9-15-36-64(56)72)49-24-18-21-47(44-49)52-42-40-46-20-4-5-25-51(46)69(52)60-32-19-39-67-70(60)59-31-11-17-38-66(59)71(67)61-33-12-6-26-53(61)54-27-7-13-34-62(54)71/h1-6,8-11,14-32,34-45H,7,12-13,33H2. The van der Waals surface area contributed by atoms with E-state index >= 15 is 0 Å². The fourth-order valence-corrected chi connectivity index (χ4v) is 14.8. The number of fused-ring (bicyclic) bond motifs is 20. The lowest BCUT2D eigenvalue weighted by Crippen LogP contribution is -2.28. The van der Waals surface area contributed by atoms with Crippen LogP contribution in [-0.4, -0.2) is 0 Å². The predicted octanol–water partition coefficient (Wildman–Crippen LogP) is 18.6.